The monoisotopic (exact) mass is 324 g/mol. The van der Waals surface area contributed by atoms with E-state index in [4.69, 9.17) is 4.74 Å². The minimum absolute atomic E-state index is 0.206. The van der Waals surface area contributed by atoms with Gasteiger partial charge in [-0.3, -0.25) is 9.79 Å². The van der Waals surface area contributed by atoms with Gasteiger partial charge in [-0.2, -0.15) is 0 Å². The van der Waals surface area contributed by atoms with Crippen molar-refractivity contribution in [2.75, 3.05) is 39.3 Å². The van der Waals surface area contributed by atoms with E-state index >= 15 is 0 Å². The van der Waals surface area contributed by atoms with Gasteiger partial charge in [-0.05, 0) is 44.9 Å². The fourth-order valence-electron chi connectivity index (χ4n) is 3.25. The number of carbonyl (C=O) groups excluding carboxylic acids is 1. The number of amides is 1. The molecule has 2 aliphatic rings. The Morgan fingerprint density at radius 2 is 2.04 bits per heavy atom. The number of piperidine rings is 1. The molecule has 23 heavy (non-hydrogen) atoms. The molecule has 0 bridgehead atoms. The molecule has 6 heteroatoms. The van der Waals surface area contributed by atoms with E-state index in [1.165, 1.54) is 0 Å². The molecule has 0 aromatic carbocycles. The molecule has 132 valence electrons. The van der Waals surface area contributed by atoms with Crippen LogP contribution in [0.5, 0.6) is 0 Å². The van der Waals surface area contributed by atoms with Gasteiger partial charge >= 0.3 is 0 Å². The van der Waals surface area contributed by atoms with Crippen molar-refractivity contribution in [3.8, 4) is 0 Å². The molecule has 2 N–H and O–H groups in total. The molecular formula is C17H32N4O2. The van der Waals surface area contributed by atoms with Crippen molar-refractivity contribution in [3.05, 3.63) is 0 Å². The van der Waals surface area contributed by atoms with Crippen LogP contribution >= 0.6 is 0 Å². The second kappa shape index (κ2) is 9.75. The fourth-order valence-corrected chi connectivity index (χ4v) is 3.25. The standard InChI is InChI=1S/C17H32N4O2/c1-3-18-17(20-13-16-5-4-12-23-16)19-9-6-15-7-10-21(11-8-15)14(2)22/h15-16H,3-13H2,1-2H3,(H2,18,19,20)/t16-/m1/s1. The lowest BCUT2D eigenvalue weighted by Gasteiger charge is -2.31. The second-order valence-corrected chi connectivity index (χ2v) is 6.52. The van der Waals surface area contributed by atoms with Crippen LogP contribution in [0.2, 0.25) is 0 Å². The lowest BCUT2D eigenvalue weighted by atomic mass is 9.93. The Morgan fingerprint density at radius 1 is 1.26 bits per heavy atom. The van der Waals surface area contributed by atoms with Gasteiger partial charge in [0.1, 0.15) is 0 Å². The molecule has 0 spiro atoms. The van der Waals surface area contributed by atoms with E-state index < -0.39 is 0 Å². The molecule has 6 nitrogen and oxygen atoms in total. The Kier molecular flexibility index (Phi) is 7.65. The number of hydrogen-bond donors (Lipinski definition) is 2. The topological polar surface area (TPSA) is 66.0 Å². The SMILES string of the molecule is CCNC(=NC[C@H]1CCCO1)NCCC1CCN(C(C)=O)CC1. The number of ether oxygens (including phenoxy) is 1. The first-order valence-electron chi connectivity index (χ1n) is 9.08. The van der Waals surface area contributed by atoms with Crippen LogP contribution in [-0.4, -0.2) is 62.2 Å². The van der Waals surface area contributed by atoms with Gasteiger partial charge in [-0.15, -0.1) is 0 Å². The van der Waals surface area contributed by atoms with E-state index in [1.54, 1.807) is 6.92 Å². The number of hydrogen-bond acceptors (Lipinski definition) is 3. The van der Waals surface area contributed by atoms with Crippen molar-refractivity contribution in [2.24, 2.45) is 10.9 Å². The van der Waals surface area contributed by atoms with Gasteiger partial charge in [0, 0.05) is 39.7 Å². The van der Waals surface area contributed by atoms with Crippen LogP contribution in [0, 0.1) is 5.92 Å². The molecule has 0 aliphatic carbocycles. The van der Waals surface area contributed by atoms with E-state index in [0.717, 1.165) is 77.4 Å². The first-order valence-corrected chi connectivity index (χ1v) is 9.08. The van der Waals surface area contributed by atoms with E-state index in [1.807, 2.05) is 4.90 Å². The third-order valence-electron chi connectivity index (χ3n) is 4.73. The zero-order valence-electron chi connectivity index (χ0n) is 14.6. The lowest BCUT2D eigenvalue weighted by molar-refractivity contribution is -0.130. The van der Waals surface area contributed by atoms with Gasteiger partial charge in [-0.25, -0.2) is 0 Å². The number of likely N-dealkylation sites (tertiary alicyclic amines) is 1. The van der Waals surface area contributed by atoms with Crippen LogP contribution in [0.3, 0.4) is 0 Å². The van der Waals surface area contributed by atoms with Crippen molar-refractivity contribution in [1.29, 1.82) is 0 Å². The molecular weight excluding hydrogens is 292 g/mol. The highest BCUT2D eigenvalue weighted by Crippen LogP contribution is 2.19. The summed E-state index contributed by atoms with van der Waals surface area (Å²) in [6, 6.07) is 0. The predicted octanol–water partition coefficient (Wildman–Crippen LogP) is 1.37. The third kappa shape index (κ3) is 6.37. The van der Waals surface area contributed by atoms with Crippen molar-refractivity contribution in [2.45, 2.75) is 52.1 Å². The molecule has 0 unspecified atom stereocenters. The zero-order valence-corrected chi connectivity index (χ0v) is 14.6. The highest BCUT2D eigenvalue weighted by molar-refractivity contribution is 5.79. The van der Waals surface area contributed by atoms with Gasteiger partial charge in [0.2, 0.25) is 5.91 Å². The zero-order chi connectivity index (χ0) is 16.5. The summed E-state index contributed by atoms with van der Waals surface area (Å²) in [6.45, 7) is 8.99. The molecule has 2 rings (SSSR count). The molecule has 2 heterocycles. The van der Waals surface area contributed by atoms with Crippen LogP contribution in [0.4, 0.5) is 0 Å². The smallest absolute Gasteiger partial charge is 0.219 e. The average Bonchev–Trinajstić information content (AvgIpc) is 3.06. The van der Waals surface area contributed by atoms with Crippen LogP contribution in [-0.2, 0) is 9.53 Å². The summed E-state index contributed by atoms with van der Waals surface area (Å²) < 4.78 is 5.62. The Morgan fingerprint density at radius 3 is 2.65 bits per heavy atom. The number of carbonyl (C=O) groups is 1. The van der Waals surface area contributed by atoms with Gasteiger partial charge in [0.15, 0.2) is 5.96 Å². The highest BCUT2D eigenvalue weighted by atomic mass is 16.5. The average molecular weight is 324 g/mol. The minimum Gasteiger partial charge on any atom is -0.376 e. The van der Waals surface area contributed by atoms with Crippen LogP contribution < -0.4 is 10.6 Å². The van der Waals surface area contributed by atoms with E-state index in [-0.39, 0.29) is 5.91 Å². The molecule has 1 amide bonds. The molecule has 0 saturated carbocycles. The Hall–Kier alpha value is -1.30. The maximum atomic E-state index is 11.3. The van der Waals surface area contributed by atoms with Crippen LogP contribution in [0.1, 0.15) is 46.0 Å². The van der Waals surface area contributed by atoms with Gasteiger partial charge in [0.25, 0.3) is 0 Å². The summed E-state index contributed by atoms with van der Waals surface area (Å²) >= 11 is 0. The summed E-state index contributed by atoms with van der Waals surface area (Å²) in [7, 11) is 0. The van der Waals surface area contributed by atoms with Gasteiger partial charge in [0.05, 0.1) is 12.6 Å². The summed E-state index contributed by atoms with van der Waals surface area (Å²) in [5, 5.41) is 6.73. The quantitative estimate of drug-likeness (QED) is 0.572. The largest absolute Gasteiger partial charge is 0.376 e. The second-order valence-electron chi connectivity index (χ2n) is 6.52. The summed E-state index contributed by atoms with van der Waals surface area (Å²) in [5.74, 6) is 1.81. The molecule has 0 aromatic rings. The van der Waals surface area contributed by atoms with Crippen LogP contribution in [0.15, 0.2) is 4.99 Å². The first-order chi connectivity index (χ1) is 11.2. The maximum absolute atomic E-state index is 11.3. The molecule has 0 aromatic heterocycles. The number of guanidine groups is 1. The van der Waals surface area contributed by atoms with Crippen molar-refractivity contribution < 1.29 is 9.53 Å². The molecule has 1 atom stereocenters. The van der Waals surface area contributed by atoms with Crippen molar-refractivity contribution in [3.63, 3.8) is 0 Å². The Bertz CT molecular complexity index is 386. The predicted molar refractivity (Wildman–Crippen MR) is 92.6 cm³/mol. The van der Waals surface area contributed by atoms with Crippen molar-refractivity contribution in [1.82, 2.24) is 15.5 Å². The first kappa shape index (κ1) is 18.0. The minimum atomic E-state index is 0.206. The number of aliphatic imine (C=N–C) groups is 1. The van der Waals surface area contributed by atoms with E-state index in [9.17, 15) is 4.79 Å². The fraction of sp³-hybridized carbons (Fsp3) is 0.882. The molecule has 2 saturated heterocycles. The summed E-state index contributed by atoms with van der Waals surface area (Å²) in [4.78, 5) is 17.9. The normalized spacial score (nSPS) is 23.1. The molecule has 2 fully saturated rings. The lowest BCUT2D eigenvalue weighted by Crippen LogP contribution is -2.40. The third-order valence-corrected chi connectivity index (χ3v) is 4.73. The summed E-state index contributed by atoms with van der Waals surface area (Å²) in [5.41, 5.74) is 0. The molecule has 2 aliphatic heterocycles. The number of nitrogens with one attached hydrogen (secondary N) is 2. The maximum Gasteiger partial charge on any atom is 0.219 e. The number of nitrogens with zero attached hydrogens (tertiary/aromatic N) is 2. The Balaban J connectivity index is 1.65. The van der Waals surface area contributed by atoms with E-state index in [2.05, 4.69) is 22.5 Å². The van der Waals surface area contributed by atoms with Gasteiger partial charge < -0.3 is 20.3 Å². The van der Waals surface area contributed by atoms with E-state index in [0.29, 0.717) is 12.0 Å². The number of rotatable bonds is 6. The molecule has 0 radical (unpaired) electrons. The highest BCUT2D eigenvalue weighted by Gasteiger charge is 2.20. The summed E-state index contributed by atoms with van der Waals surface area (Å²) in [6.07, 6.45) is 5.94. The van der Waals surface area contributed by atoms with Crippen LogP contribution in [0.25, 0.3) is 0 Å². The van der Waals surface area contributed by atoms with Crippen molar-refractivity contribution >= 4 is 11.9 Å². The van der Waals surface area contributed by atoms with Gasteiger partial charge in [-0.1, -0.05) is 0 Å². The Labute approximate surface area is 140 Å².